The zero-order chi connectivity index (χ0) is 9.47. The molecule has 0 aromatic carbocycles. The molecule has 2 rings (SSSR count). The molecule has 0 amide bonds. The summed E-state index contributed by atoms with van der Waals surface area (Å²) in [5.74, 6) is 0.401. The van der Waals surface area contributed by atoms with E-state index in [4.69, 9.17) is 5.73 Å². The van der Waals surface area contributed by atoms with Crippen molar-refractivity contribution >= 4 is 5.95 Å². The van der Waals surface area contributed by atoms with Gasteiger partial charge in [0.2, 0.25) is 5.95 Å². The summed E-state index contributed by atoms with van der Waals surface area (Å²) in [6.07, 6.45) is 5.17. The van der Waals surface area contributed by atoms with Crippen LogP contribution in [-0.4, -0.2) is 9.97 Å². The number of fused-ring (bicyclic) bond motifs is 1. The molecular weight excluding hydrogens is 162 g/mol. The fourth-order valence-corrected chi connectivity index (χ4v) is 1.88. The summed E-state index contributed by atoms with van der Waals surface area (Å²) >= 11 is 0. The van der Waals surface area contributed by atoms with Crippen LogP contribution in [0, 0.1) is 5.41 Å². The normalized spacial score (nSPS) is 19.5. The van der Waals surface area contributed by atoms with Gasteiger partial charge in [-0.05, 0) is 30.2 Å². The quantitative estimate of drug-likeness (QED) is 0.654. The molecule has 0 saturated heterocycles. The van der Waals surface area contributed by atoms with E-state index in [0.717, 1.165) is 18.5 Å². The van der Waals surface area contributed by atoms with E-state index in [1.807, 2.05) is 6.20 Å². The number of rotatable bonds is 0. The van der Waals surface area contributed by atoms with Crippen molar-refractivity contribution in [2.24, 2.45) is 5.41 Å². The molecule has 1 aromatic heterocycles. The summed E-state index contributed by atoms with van der Waals surface area (Å²) in [5.41, 5.74) is 8.34. The highest BCUT2D eigenvalue weighted by molar-refractivity contribution is 5.28. The predicted octanol–water partition coefficient (Wildman–Crippen LogP) is 1.57. The van der Waals surface area contributed by atoms with Crippen LogP contribution in [0.25, 0.3) is 0 Å². The van der Waals surface area contributed by atoms with Crippen LogP contribution in [0.15, 0.2) is 6.20 Å². The van der Waals surface area contributed by atoms with Crippen LogP contribution in [0.3, 0.4) is 0 Å². The van der Waals surface area contributed by atoms with Gasteiger partial charge < -0.3 is 5.73 Å². The van der Waals surface area contributed by atoms with Crippen LogP contribution in [0.2, 0.25) is 0 Å². The number of hydrogen-bond acceptors (Lipinski definition) is 3. The maximum atomic E-state index is 5.53. The first-order valence-electron chi connectivity index (χ1n) is 4.67. The monoisotopic (exact) mass is 177 g/mol. The van der Waals surface area contributed by atoms with Crippen molar-refractivity contribution in [3.05, 3.63) is 17.5 Å². The molecule has 13 heavy (non-hydrogen) atoms. The Bertz CT molecular complexity index is 331. The number of aryl methyl sites for hydroxylation is 1. The van der Waals surface area contributed by atoms with E-state index in [1.165, 1.54) is 12.0 Å². The molecule has 0 fully saturated rings. The highest BCUT2D eigenvalue weighted by atomic mass is 15.0. The molecule has 0 bridgehead atoms. The molecule has 2 N–H and O–H groups in total. The Morgan fingerprint density at radius 3 is 3.00 bits per heavy atom. The van der Waals surface area contributed by atoms with Gasteiger partial charge in [0.15, 0.2) is 0 Å². The first-order valence-corrected chi connectivity index (χ1v) is 4.67. The molecule has 70 valence electrons. The van der Waals surface area contributed by atoms with E-state index in [-0.39, 0.29) is 0 Å². The standard InChI is InChI=1S/C10H15N3/c1-10(2)4-3-8-7(5-10)6-12-9(11)13-8/h6H,3-5H2,1-2H3,(H2,11,12,13). The van der Waals surface area contributed by atoms with Gasteiger partial charge in [0, 0.05) is 11.9 Å². The molecule has 3 heteroatoms. The molecule has 0 aliphatic heterocycles. The highest BCUT2D eigenvalue weighted by Crippen LogP contribution is 2.33. The maximum absolute atomic E-state index is 5.53. The average molecular weight is 177 g/mol. The molecule has 1 aliphatic carbocycles. The summed E-state index contributed by atoms with van der Waals surface area (Å²) in [5, 5.41) is 0. The van der Waals surface area contributed by atoms with Crippen molar-refractivity contribution in [3.63, 3.8) is 0 Å². The van der Waals surface area contributed by atoms with Crippen molar-refractivity contribution in [2.75, 3.05) is 5.73 Å². The van der Waals surface area contributed by atoms with Gasteiger partial charge in [0.25, 0.3) is 0 Å². The second-order valence-corrected chi connectivity index (χ2v) is 4.54. The number of nitrogens with two attached hydrogens (primary N) is 1. The summed E-state index contributed by atoms with van der Waals surface area (Å²) < 4.78 is 0. The smallest absolute Gasteiger partial charge is 0.220 e. The van der Waals surface area contributed by atoms with Gasteiger partial charge in [0.05, 0.1) is 0 Å². The first-order chi connectivity index (χ1) is 6.07. The SMILES string of the molecule is CC1(C)CCc2nc(N)ncc2C1. The Labute approximate surface area is 78.4 Å². The van der Waals surface area contributed by atoms with Crippen molar-refractivity contribution in [3.8, 4) is 0 Å². The molecule has 1 aliphatic rings. The number of nitrogen functional groups attached to an aromatic ring is 1. The first kappa shape index (κ1) is 8.48. The largest absolute Gasteiger partial charge is 0.368 e. The van der Waals surface area contributed by atoms with Gasteiger partial charge in [-0.2, -0.15) is 0 Å². The highest BCUT2D eigenvalue weighted by Gasteiger charge is 2.26. The number of aromatic nitrogens is 2. The molecule has 3 nitrogen and oxygen atoms in total. The topological polar surface area (TPSA) is 51.8 Å². The van der Waals surface area contributed by atoms with Crippen molar-refractivity contribution < 1.29 is 0 Å². The zero-order valence-corrected chi connectivity index (χ0v) is 8.17. The van der Waals surface area contributed by atoms with Crippen molar-refractivity contribution in [1.82, 2.24) is 9.97 Å². The lowest BCUT2D eigenvalue weighted by molar-refractivity contribution is 0.311. The lowest BCUT2D eigenvalue weighted by Gasteiger charge is -2.30. The Kier molecular flexibility index (Phi) is 1.75. The number of anilines is 1. The third-order valence-electron chi connectivity index (χ3n) is 2.68. The zero-order valence-electron chi connectivity index (χ0n) is 8.17. The summed E-state index contributed by atoms with van der Waals surface area (Å²) in [4.78, 5) is 8.27. The second-order valence-electron chi connectivity index (χ2n) is 4.54. The molecule has 0 spiro atoms. The van der Waals surface area contributed by atoms with E-state index in [0.29, 0.717) is 11.4 Å². The van der Waals surface area contributed by atoms with Crippen molar-refractivity contribution in [1.29, 1.82) is 0 Å². The van der Waals surface area contributed by atoms with Gasteiger partial charge in [-0.25, -0.2) is 9.97 Å². The molecule has 1 heterocycles. The molecule has 0 unspecified atom stereocenters. The van der Waals surface area contributed by atoms with Gasteiger partial charge in [-0.15, -0.1) is 0 Å². The molecule has 0 atom stereocenters. The molecule has 1 aromatic rings. The van der Waals surface area contributed by atoms with Crippen LogP contribution < -0.4 is 5.73 Å². The number of hydrogen-bond donors (Lipinski definition) is 1. The molecule has 0 radical (unpaired) electrons. The third-order valence-corrected chi connectivity index (χ3v) is 2.68. The third kappa shape index (κ3) is 1.64. The lowest BCUT2D eigenvalue weighted by atomic mass is 9.76. The van der Waals surface area contributed by atoms with Crippen molar-refractivity contribution in [2.45, 2.75) is 33.1 Å². The van der Waals surface area contributed by atoms with Gasteiger partial charge in [-0.1, -0.05) is 13.8 Å². The van der Waals surface area contributed by atoms with Crippen LogP contribution in [0.5, 0.6) is 0 Å². The fourth-order valence-electron chi connectivity index (χ4n) is 1.88. The maximum Gasteiger partial charge on any atom is 0.220 e. The van der Waals surface area contributed by atoms with E-state index in [1.54, 1.807) is 0 Å². The second kappa shape index (κ2) is 2.69. The predicted molar refractivity (Wildman–Crippen MR) is 52.3 cm³/mol. The van der Waals surface area contributed by atoms with Gasteiger partial charge >= 0.3 is 0 Å². The Hall–Kier alpha value is -1.12. The van der Waals surface area contributed by atoms with Crippen LogP contribution in [0.1, 0.15) is 31.5 Å². The van der Waals surface area contributed by atoms with Gasteiger partial charge in [-0.3, -0.25) is 0 Å². The summed E-state index contributed by atoms with van der Waals surface area (Å²) in [6.45, 7) is 4.57. The van der Waals surface area contributed by atoms with Gasteiger partial charge in [0.1, 0.15) is 0 Å². The van der Waals surface area contributed by atoms with E-state index >= 15 is 0 Å². The fraction of sp³-hybridized carbons (Fsp3) is 0.600. The van der Waals surface area contributed by atoms with Crippen LogP contribution >= 0.6 is 0 Å². The average Bonchev–Trinajstić information content (AvgIpc) is 2.05. The Morgan fingerprint density at radius 2 is 2.23 bits per heavy atom. The Balaban J connectivity index is 2.37. The van der Waals surface area contributed by atoms with E-state index < -0.39 is 0 Å². The minimum atomic E-state index is 0.395. The van der Waals surface area contributed by atoms with Crippen LogP contribution in [0.4, 0.5) is 5.95 Å². The summed E-state index contributed by atoms with van der Waals surface area (Å²) in [6, 6.07) is 0. The Morgan fingerprint density at radius 1 is 1.46 bits per heavy atom. The minimum Gasteiger partial charge on any atom is -0.368 e. The molecule has 0 saturated carbocycles. The van der Waals surface area contributed by atoms with E-state index in [2.05, 4.69) is 23.8 Å². The summed E-state index contributed by atoms with van der Waals surface area (Å²) in [7, 11) is 0. The molecular formula is C10H15N3. The number of nitrogens with zero attached hydrogens (tertiary/aromatic N) is 2. The van der Waals surface area contributed by atoms with Crippen LogP contribution in [-0.2, 0) is 12.8 Å². The minimum absolute atomic E-state index is 0.395. The lowest BCUT2D eigenvalue weighted by Crippen LogP contribution is -2.23. The van der Waals surface area contributed by atoms with E-state index in [9.17, 15) is 0 Å².